The minimum atomic E-state index is -0.501. The molecule has 9 heteroatoms. The first-order chi connectivity index (χ1) is 22.8. The van der Waals surface area contributed by atoms with Gasteiger partial charge >= 0.3 is 0 Å². The first-order valence-corrected chi connectivity index (χ1v) is 17.2. The maximum absolute atomic E-state index is 6.93. The average molecular weight is 650 g/mol. The molecule has 7 nitrogen and oxygen atoms in total. The van der Waals surface area contributed by atoms with Crippen molar-refractivity contribution in [2.45, 2.75) is 55.3 Å². The van der Waals surface area contributed by atoms with Gasteiger partial charge in [0.25, 0.3) is 0 Å². The number of hydrogen-bond donors (Lipinski definition) is 0. The molecule has 2 aromatic heterocycles. The van der Waals surface area contributed by atoms with Gasteiger partial charge < -0.3 is 18.9 Å². The average Bonchev–Trinajstić information content (AvgIpc) is 3.80. The van der Waals surface area contributed by atoms with Crippen LogP contribution in [0.3, 0.4) is 0 Å². The van der Waals surface area contributed by atoms with Crippen LogP contribution in [0.4, 0.5) is 0 Å². The van der Waals surface area contributed by atoms with Crippen LogP contribution >= 0.6 is 23.3 Å². The Morgan fingerprint density at radius 3 is 1.83 bits per heavy atom. The quantitative estimate of drug-likeness (QED) is 0.111. The Balaban J connectivity index is 1.21. The highest BCUT2D eigenvalue weighted by Gasteiger charge is 2.48. The fourth-order valence-corrected chi connectivity index (χ4v) is 7.36. The molecule has 0 aliphatic carbocycles. The highest BCUT2D eigenvalue weighted by Crippen LogP contribution is 2.41. The summed E-state index contributed by atoms with van der Waals surface area (Å²) >= 11 is 3.10. The Morgan fingerprint density at radius 2 is 1.22 bits per heavy atom. The van der Waals surface area contributed by atoms with Gasteiger partial charge in [0.05, 0.1) is 32.6 Å². The Kier molecular flexibility index (Phi) is 10.2. The fourth-order valence-electron chi connectivity index (χ4n) is 5.59. The summed E-state index contributed by atoms with van der Waals surface area (Å²) in [6.07, 6.45) is 0.0998. The van der Waals surface area contributed by atoms with Crippen molar-refractivity contribution < 1.29 is 18.9 Å². The van der Waals surface area contributed by atoms with Crippen molar-refractivity contribution >= 4 is 33.6 Å². The van der Waals surface area contributed by atoms with E-state index in [-0.39, 0.29) is 6.10 Å². The Bertz CT molecular complexity index is 1780. The van der Waals surface area contributed by atoms with Gasteiger partial charge in [-0.3, -0.25) is 4.57 Å². The van der Waals surface area contributed by atoms with E-state index in [1.165, 1.54) is 17.1 Å². The second-order valence-corrected chi connectivity index (χ2v) is 12.9. The van der Waals surface area contributed by atoms with Crippen molar-refractivity contribution in [1.29, 1.82) is 0 Å². The second-order valence-electron chi connectivity index (χ2n) is 11.1. The van der Waals surface area contributed by atoms with Crippen molar-refractivity contribution in [1.82, 2.24) is 13.9 Å². The van der Waals surface area contributed by atoms with E-state index in [1.807, 2.05) is 66.9 Å². The fraction of sp³-hybridized carbons (Fsp3) is 0.243. The van der Waals surface area contributed by atoms with Gasteiger partial charge in [-0.1, -0.05) is 133 Å². The van der Waals surface area contributed by atoms with Crippen LogP contribution in [0.15, 0.2) is 133 Å². The van der Waals surface area contributed by atoms with Crippen LogP contribution in [-0.4, -0.2) is 38.8 Å². The number of nitrogens with zero attached hydrogens (tertiary/aromatic N) is 3. The second kappa shape index (κ2) is 15.2. The molecular formula is C37H35N3O4S2. The highest BCUT2D eigenvalue weighted by molar-refractivity contribution is 7.98. The predicted molar refractivity (Wildman–Crippen MR) is 181 cm³/mol. The third-order valence-electron chi connectivity index (χ3n) is 7.89. The lowest BCUT2D eigenvalue weighted by molar-refractivity contribution is -0.0920. The number of imidazole rings is 1. The van der Waals surface area contributed by atoms with Crippen LogP contribution < -0.4 is 0 Å². The largest absolute Gasteiger partial charge is 0.374 e. The predicted octanol–water partition coefficient (Wildman–Crippen LogP) is 8.07. The summed E-state index contributed by atoms with van der Waals surface area (Å²) in [6.45, 7) is 1.68. The van der Waals surface area contributed by atoms with Gasteiger partial charge in [0.1, 0.15) is 28.7 Å². The summed E-state index contributed by atoms with van der Waals surface area (Å²) in [6, 6.07) is 41.0. The third-order valence-corrected chi connectivity index (χ3v) is 9.70. The minimum absolute atomic E-state index is 0.350. The van der Waals surface area contributed by atoms with E-state index in [4.69, 9.17) is 23.9 Å². The first kappa shape index (κ1) is 30.8. The summed E-state index contributed by atoms with van der Waals surface area (Å²) in [5.74, 6) is 0.776. The van der Waals surface area contributed by atoms with Crippen LogP contribution in [0.1, 0.15) is 28.5 Å². The first-order valence-electron chi connectivity index (χ1n) is 15.4. The molecule has 1 aliphatic heterocycles. The molecule has 6 aromatic rings. The zero-order chi connectivity index (χ0) is 31.0. The van der Waals surface area contributed by atoms with Crippen LogP contribution in [0, 0.1) is 0 Å². The van der Waals surface area contributed by atoms with Gasteiger partial charge in [0, 0.05) is 5.75 Å². The van der Waals surface area contributed by atoms with Crippen molar-refractivity contribution in [3.05, 3.63) is 150 Å². The molecule has 1 fully saturated rings. The van der Waals surface area contributed by atoms with Crippen LogP contribution in [-0.2, 0) is 44.5 Å². The molecule has 0 bridgehead atoms. The van der Waals surface area contributed by atoms with E-state index in [0.717, 1.165) is 37.9 Å². The van der Waals surface area contributed by atoms with Gasteiger partial charge in [-0.2, -0.15) is 4.37 Å². The third kappa shape index (κ3) is 7.41. The number of ether oxygens (including phenoxy) is 4. The zero-order valence-electron chi connectivity index (χ0n) is 25.3. The number of rotatable bonds is 14. The van der Waals surface area contributed by atoms with E-state index in [1.54, 1.807) is 11.8 Å². The number of fused-ring (bicyclic) bond motifs is 1. The number of benzene rings is 4. The van der Waals surface area contributed by atoms with Crippen molar-refractivity contribution in [3.8, 4) is 0 Å². The summed E-state index contributed by atoms with van der Waals surface area (Å²) < 4.78 is 33.3. The topological polar surface area (TPSA) is 67.6 Å². The molecule has 4 atom stereocenters. The molecule has 0 amide bonds. The lowest BCUT2D eigenvalue weighted by atomic mass is 10.1. The van der Waals surface area contributed by atoms with E-state index >= 15 is 0 Å². The number of hydrogen-bond acceptors (Lipinski definition) is 8. The Hall–Kier alpha value is -3.83. The molecule has 7 rings (SSSR count). The summed E-state index contributed by atoms with van der Waals surface area (Å²) in [4.78, 5) is 5.94. The molecule has 0 saturated carbocycles. The molecule has 234 valence electrons. The Morgan fingerprint density at radius 1 is 0.674 bits per heavy atom. The SMILES string of the molecule is c1ccc(COC[C@H]2O[C@@H](n3c(SCc4ccccc4)nc4cnsc43)[C@@H](OCc3ccccc3)[C@@H]2OCc2ccccc2)cc1. The van der Waals surface area contributed by atoms with Crippen LogP contribution in [0.5, 0.6) is 0 Å². The standard InChI is InChI=1S/C37H35N3O4S2/c1-5-13-27(14-6-1)22-41-25-32-33(42-23-28-15-7-2-8-16-28)34(43-24-29-17-9-3-10-18-29)35(44-32)40-36-31(21-38-46-36)39-37(40)45-26-30-19-11-4-12-20-30/h1-21,32-35H,22-26H2/t32-,33-,34+,35-/m1/s1. The summed E-state index contributed by atoms with van der Waals surface area (Å²) in [7, 11) is 0. The molecule has 46 heavy (non-hydrogen) atoms. The number of aromatic nitrogens is 3. The molecule has 0 unspecified atom stereocenters. The van der Waals surface area contributed by atoms with E-state index in [9.17, 15) is 0 Å². The summed E-state index contributed by atoms with van der Waals surface area (Å²) in [5, 5.41) is 0.860. The maximum atomic E-state index is 6.93. The molecular weight excluding hydrogens is 615 g/mol. The lowest BCUT2D eigenvalue weighted by Crippen LogP contribution is -2.38. The van der Waals surface area contributed by atoms with E-state index < -0.39 is 18.4 Å². The Labute approximate surface area is 277 Å². The van der Waals surface area contributed by atoms with Gasteiger partial charge in [-0.25, -0.2) is 4.98 Å². The molecule has 1 aliphatic rings. The van der Waals surface area contributed by atoms with E-state index in [2.05, 4.69) is 69.6 Å². The monoisotopic (exact) mass is 649 g/mol. The summed E-state index contributed by atoms with van der Waals surface area (Å²) in [5.41, 5.74) is 5.35. The minimum Gasteiger partial charge on any atom is -0.374 e. The molecule has 1 saturated heterocycles. The maximum Gasteiger partial charge on any atom is 0.172 e. The van der Waals surface area contributed by atoms with Crippen LogP contribution in [0.25, 0.3) is 10.3 Å². The van der Waals surface area contributed by atoms with Crippen molar-refractivity contribution in [3.63, 3.8) is 0 Å². The smallest absolute Gasteiger partial charge is 0.172 e. The van der Waals surface area contributed by atoms with Gasteiger partial charge in [-0.05, 0) is 33.8 Å². The zero-order valence-corrected chi connectivity index (χ0v) is 26.9. The molecule has 0 N–H and O–H groups in total. The molecule has 3 heterocycles. The van der Waals surface area contributed by atoms with Crippen molar-refractivity contribution in [2.24, 2.45) is 0 Å². The van der Waals surface area contributed by atoms with Crippen molar-refractivity contribution in [2.75, 3.05) is 6.61 Å². The van der Waals surface area contributed by atoms with Gasteiger partial charge in [0.2, 0.25) is 0 Å². The molecule has 0 spiro atoms. The normalized spacial score (nSPS) is 19.6. The molecule has 0 radical (unpaired) electrons. The van der Waals surface area contributed by atoms with Gasteiger partial charge in [0.15, 0.2) is 11.4 Å². The lowest BCUT2D eigenvalue weighted by Gasteiger charge is -2.26. The van der Waals surface area contributed by atoms with Gasteiger partial charge in [-0.15, -0.1) is 0 Å². The van der Waals surface area contributed by atoms with Crippen LogP contribution in [0.2, 0.25) is 0 Å². The number of thioether (sulfide) groups is 1. The van der Waals surface area contributed by atoms with E-state index in [0.29, 0.717) is 26.4 Å². The molecule has 4 aromatic carbocycles. The highest BCUT2D eigenvalue weighted by atomic mass is 32.2.